The Morgan fingerprint density at radius 3 is 2.81 bits per heavy atom. The van der Waals surface area contributed by atoms with Gasteiger partial charge in [-0.3, -0.25) is 4.79 Å². The van der Waals surface area contributed by atoms with Crippen LogP contribution in [0.5, 0.6) is 0 Å². The maximum absolute atomic E-state index is 12.3. The highest BCUT2D eigenvalue weighted by Crippen LogP contribution is 2.32. The van der Waals surface area contributed by atoms with E-state index in [0.29, 0.717) is 12.5 Å². The lowest BCUT2D eigenvalue weighted by atomic mass is 10.2. The number of benzene rings is 1. The van der Waals surface area contributed by atoms with Crippen molar-refractivity contribution in [1.82, 2.24) is 19.9 Å². The highest BCUT2D eigenvalue weighted by atomic mass is 16.3. The Kier molecular flexibility index (Phi) is 3.70. The van der Waals surface area contributed by atoms with Crippen LogP contribution in [-0.4, -0.2) is 50.6 Å². The van der Waals surface area contributed by atoms with Gasteiger partial charge in [-0.1, -0.05) is 18.2 Å². The second kappa shape index (κ2) is 5.65. The van der Waals surface area contributed by atoms with Gasteiger partial charge in [-0.15, -0.1) is 5.10 Å². The van der Waals surface area contributed by atoms with Crippen molar-refractivity contribution in [3.63, 3.8) is 0 Å². The lowest BCUT2D eigenvalue weighted by molar-refractivity contribution is 0.0640. The van der Waals surface area contributed by atoms with E-state index in [4.69, 9.17) is 0 Å². The van der Waals surface area contributed by atoms with E-state index < -0.39 is 6.10 Å². The second-order valence-electron chi connectivity index (χ2n) is 5.45. The summed E-state index contributed by atoms with van der Waals surface area (Å²) in [6, 6.07) is 9.42. The molecule has 1 aliphatic rings. The van der Waals surface area contributed by atoms with Crippen molar-refractivity contribution in [3.8, 4) is 5.69 Å². The zero-order valence-corrected chi connectivity index (χ0v) is 11.9. The molecule has 110 valence electrons. The van der Waals surface area contributed by atoms with Crippen LogP contribution < -0.4 is 0 Å². The zero-order chi connectivity index (χ0) is 14.8. The average molecular weight is 286 g/mol. The van der Waals surface area contributed by atoms with E-state index in [9.17, 15) is 9.90 Å². The molecule has 1 aromatic carbocycles. The fraction of sp³-hybridized carbons (Fsp3) is 0.400. The number of aromatic nitrogens is 3. The standard InChI is InChI=1S/C15H18N4O2/c1-18(10-14(20)11-7-8-11)15(21)13-9-16-19(17-13)12-5-3-2-4-6-12/h2-6,9,11,14,20H,7-8,10H2,1H3. The Morgan fingerprint density at radius 2 is 2.14 bits per heavy atom. The summed E-state index contributed by atoms with van der Waals surface area (Å²) in [5.74, 6) is 0.122. The van der Waals surface area contributed by atoms with Gasteiger partial charge in [-0.05, 0) is 30.9 Å². The molecule has 6 nitrogen and oxygen atoms in total. The van der Waals surface area contributed by atoms with Crippen LogP contribution >= 0.6 is 0 Å². The molecule has 1 aromatic heterocycles. The summed E-state index contributed by atoms with van der Waals surface area (Å²) in [6.07, 6.45) is 3.11. The fourth-order valence-corrected chi connectivity index (χ4v) is 2.24. The summed E-state index contributed by atoms with van der Waals surface area (Å²) in [5, 5.41) is 18.2. The molecule has 0 bridgehead atoms. The van der Waals surface area contributed by atoms with Crippen molar-refractivity contribution in [2.24, 2.45) is 5.92 Å². The van der Waals surface area contributed by atoms with Crippen molar-refractivity contribution in [3.05, 3.63) is 42.2 Å². The fourth-order valence-electron chi connectivity index (χ4n) is 2.24. The van der Waals surface area contributed by atoms with Crippen LogP contribution in [0.25, 0.3) is 5.69 Å². The van der Waals surface area contributed by atoms with Crippen LogP contribution in [0.2, 0.25) is 0 Å². The van der Waals surface area contributed by atoms with E-state index in [1.807, 2.05) is 30.3 Å². The molecule has 1 heterocycles. The minimum atomic E-state index is -0.442. The Labute approximate surface area is 123 Å². The largest absolute Gasteiger partial charge is 0.391 e. The smallest absolute Gasteiger partial charge is 0.275 e. The zero-order valence-electron chi connectivity index (χ0n) is 11.9. The minimum absolute atomic E-state index is 0.225. The Bertz CT molecular complexity index is 622. The number of carbonyl (C=O) groups excluding carboxylic acids is 1. The molecule has 21 heavy (non-hydrogen) atoms. The first-order valence-electron chi connectivity index (χ1n) is 7.06. The number of hydrogen-bond acceptors (Lipinski definition) is 4. The average Bonchev–Trinajstić information content (AvgIpc) is 3.25. The van der Waals surface area contributed by atoms with Crippen molar-refractivity contribution in [2.45, 2.75) is 18.9 Å². The van der Waals surface area contributed by atoms with Crippen LogP contribution in [0.15, 0.2) is 36.5 Å². The Hall–Kier alpha value is -2.21. The molecule has 1 atom stereocenters. The van der Waals surface area contributed by atoms with Gasteiger partial charge in [0.1, 0.15) is 0 Å². The number of hydrogen-bond donors (Lipinski definition) is 1. The number of likely N-dealkylation sites (N-methyl/N-ethyl adjacent to an activating group) is 1. The number of carbonyl (C=O) groups is 1. The third-order valence-electron chi connectivity index (χ3n) is 3.67. The van der Waals surface area contributed by atoms with Crippen LogP contribution in [0.4, 0.5) is 0 Å². The van der Waals surface area contributed by atoms with Crippen LogP contribution in [0.3, 0.4) is 0 Å². The highest BCUT2D eigenvalue weighted by molar-refractivity contribution is 5.91. The molecule has 6 heteroatoms. The van der Waals surface area contributed by atoms with Gasteiger partial charge in [0.2, 0.25) is 0 Å². The number of aliphatic hydroxyl groups is 1. The predicted octanol–water partition coefficient (Wildman–Crippen LogP) is 1.11. The molecular formula is C15H18N4O2. The summed E-state index contributed by atoms with van der Waals surface area (Å²) >= 11 is 0. The van der Waals surface area contributed by atoms with Crippen molar-refractivity contribution in [1.29, 1.82) is 0 Å². The van der Waals surface area contributed by atoms with Gasteiger partial charge in [-0.2, -0.15) is 9.90 Å². The molecule has 0 radical (unpaired) electrons. The number of para-hydroxylation sites is 1. The van der Waals surface area contributed by atoms with Gasteiger partial charge in [0.15, 0.2) is 5.69 Å². The lowest BCUT2D eigenvalue weighted by Gasteiger charge is -2.19. The molecule has 0 spiro atoms. The molecule has 1 N–H and O–H groups in total. The normalized spacial score (nSPS) is 15.7. The SMILES string of the molecule is CN(CC(O)C1CC1)C(=O)c1cnn(-c2ccccc2)n1. The monoisotopic (exact) mass is 286 g/mol. The molecule has 3 rings (SSSR count). The lowest BCUT2D eigenvalue weighted by Crippen LogP contribution is -2.35. The molecule has 1 unspecified atom stereocenters. The highest BCUT2D eigenvalue weighted by Gasteiger charge is 2.31. The molecule has 1 saturated carbocycles. The maximum Gasteiger partial charge on any atom is 0.275 e. The third-order valence-corrected chi connectivity index (χ3v) is 3.67. The Balaban J connectivity index is 1.68. The summed E-state index contributed by atoms with van der Waals surface area (Å²) in [4.78, 5) is 15.2. The van der Waals surface area contributed by atoms with E-state index in [-0.39, 0.29) is 11.6 Å². The molecule has 1 aliphatic carbocycles. The molecule has 1 fully saturated rings. The molecule has 1 amide bonds. The predicted molar refractivity (Wildman–Crippen MR) is 77.1 cm³/mol. The summed E-state index contributed by atoms with van der Waals surface area (Å²) < 4.78 is 0. The molecular weight excluding hydrogens is 268 g/mol. The Morgan fingerprint density at radius 1 is 1.43 bits per heavy atom. The van der Waals surface area contributed by atoms with Gasteiger partial charge in [0.05, 0.1) is 18.0 Å². The van der Waals surface area contributed by atoms with Crippen LogP contribution in [-0.2, 0) is 0 Å². The first kappa shape index (κ1) is 13.8. The van der Waals surface area contributed by atoms with Crippen LogP contribution in [0.1, 0.15) is 23.3 Å². The first-order chi connectivity index (χ1) is 10.1. The molecule has 0 aliphatic heterocycles. The topological polar surface area (TPSA) is 71.2 Å². The van der Waals surface area contributed by atoms with Crippen molar-refractivity contribution >= 4 is 5.91 Å². The third kappa shape index (κ3) is 3.11. The van der Waals surface area contributed by atoms with E-state index in [1.54, 1.807) is 7.05 Å². The summed E-state index contributed by atoms with van der Waals surface area (Å²) in [5.41, 5.74) is 1.08. The minimum Gasteiger partial charge on any atom is -0.391 e. The van der Waals surface area contributed by atoms with Crippen molar-refractivity contribution in [2.75, 3.05) is 13.6 Å². The van der Waals surface area contributed by atoms with E-state index >= 15 is 0 Å². The molecule has 0 saturated heterocycles. The van der Waals surface area contributed by atoms with E-state index in [0.717, 1.165) is 18.5 Å². The van der Waals surface area contributed by atoms with E-state index in [2.05, 4.69) is 10.2 Å². The van der Waals surface area contributed by atoms with Gasteiger partial charge in [-0.25, -0.2) is 0 Å². The summed E-state index contributed by atoms with van der Waals surface area (Å²) in [6.45, 7) is 0.335. The second-order valence-corrected chi connectivity index (χ2v) is 5.45. The first-order valence-corrected chi connectivity index (χ1v) is 7.06. The van der Waals surface area contributed by atoms with Crippen LogP contribution in [0, 0.1) is 5.92 Å². The quantitative estimate of drug-likeness (QED) is 0.894. The van der Waals surface area contributed by atoms with Gasteiger partial charge >= 0.3 is 0 Å². The maximum atomic E-state index is 12.3. The molecule has 2 aromatic rings. The number of nitrogens with zero attached hydrogens (tertiary/aromatic N) is 4. The van der Waals surface area contributed by atoms with Gasteiger partial charge in [0, 0.05) is 13.6 Å². The van der Waals surface area contributed by atoms with E-state index in [1.165, 1.54) is 15.9 Å². The van der Waals surface area contributed by atoms with Gasteiger partial charge < -0.3 is 10.0 Å². The van der Waals surface area contributed by atoms with Crippen molar-refractivity contribution < 1.29 is 9.90 Å². The van der Waals surface area contributed by atoms with Gasteiger partial charge in [0.25, 0.3) is 5.91 Å². The number of rotatable bonds is 5. The summed E-state index contributed by atoms with van der Waals surface area (Å²) in [7, 11) is 1.68. The number of aliphatic hydroxyl groups excluding tert-OH is 1. The number of amides is 1.